The van der Waals surface area contributed by atoms with Crippen molar-refractivity contribution in [1.82, 2.24) is 15.5 Å². The zero-order valence-electron chi connectivity index (χ0n) is 16.9. The third kappa shape index (κ3) is 8.54. The van der Waals surface area contributed by atoms with Crippen LogP contribution in [0.25, 0.3) is 0 Å². The number of benzene rings is 1. The number of carbonyl (C=O) groups excluding carboxylic acids is 1. The van der Waals surface area contributed by atoms with Crippen LogP contribution >= 0.6 is 11.3 Å². The molecular weight excluding hydrogens is 372 g/mol. The number of likely N-dealkylation sites (N-methyl/N-ethyl adjacent to an activating group) is 1. The van der Waals surface area contributed by atoms with E-state index in [0.717, 1.165) is 0 Å². The maximum Gasteiger partial charge on any atom is 0.243 e. The second-order valence-electron chi connectivity index (χ2n) is 6.87. The van der Waals surface area contributed by atoms with Gasteiger partial charge in [-0.25, -0.2) is 4.99 Å². The molecule has 0 bridgehead atoms. The van der Waals surface area contributed by atoms with E-state index < -0.39 is 0 Å². The normalized spacial score (nSPS) is 12.5. The number of ether oxygens (including phenoxy) is 1. The van der Waals surface area contributed by atoms with Gasteiger partial charge in [0.05, 0.1) is 19.8 Å². The van der Waals surface area contributed by atoms with E-state index in [1.807, 2.05) is 29.6 Å². The smallest absolute Gasteiger partial charge is 0.243 e. The monoisotopic (exact) mass is 402 g/mol. The highest BCUT2D eigenvalue weighted by atomic mass is 32.1. The Hall–Kier alpha value is -2.38. The zero-order valence-corrected chi connectivity index (χ0v) is 17.7. The first-order chi connectivity index (χ1) is 13.5. The second kappa shape index (κ2) is 12.2. The molecule has 0 aliphatic carbocycles. The summed E-state index contributed by atoms with van der Waals surface area (Å²) in [5, 5.41) is 8.65. The lowest BCUT2D eigenvalue weighted by Gasteiger charge is -2.17. The van der Waals surface area contributed by atoms with Gasteiger partial charge in [-0.2, -0.15) is 0 Å². The van der Waals surface area contributed by atoms with Crippen molar-refractivity contribution in [3.8, 4) is 0 Å². The minimum Gasteiger partial charge on any atom is -0.376 e. The minimum absolute atomic E-state index is 0.0310. The lowest BCUT2D eigenvalue weighted by molar-refractivity contribution is -0.127. The number of thiophene rings is 1. The summed E-state index contributed by atoms with van der Waals surface area (Å²) in [6, 6.07) is 14.2. The maximum atomic E-state index is 11.8. The predicted molar refractivity (Wildman–Crippen MR) is 115 cm³/mol. The molecule has 6 nitrogen and oxygen atoms in total. The number of nitrogens with zero attached hydrogens (tertiary/aromatic N) is 2. The van der Waals surface area contributed by atoms with E-state index in [1.165, 1.54) is 10.4 Å². The van der Waals surface area contributed by atoms with Crippen molar-refractivity contribution in [2.75, 3.05) is 33.8 Å². The second-order valence-corrected chi connectivity index (χ2v) is 7.90. The van der Waals surface area contributed by atoms with Crippen molar-refractivity contribution in [3.05, 3.63) is 58.3 Å². The van der Waals surface area contributed by atoms with Crippen LogP contribution in [0.1, 0.15) is 17.4 Å². The molecule has 1 unspecified atom stereocenters. The lowest BCUT2D eigenvalue weighted by Crippen LogP contribution is -2.40. The summed E-state index contributed by atoms with van der Waals surface area (Å²) < 4.78 is 5.80. The van der Waals surface area contributed by atoms with Gasteiger partial charge in [-0.15, -0.1) is 11.3 Å². The van der Waals surface area contributed by atoms with Gasteiger partial charge in [-0.05, 0) is 22.9 Å². The van der Waals surface area contributed by atoms with Crippen LogP contribution in [0, 0.1) is 5.92 Å². The van der Waals surface area contributed by atoms with Crippen LogP contribution in [0.3, 0.4) is 0 Å². The number of aliphatic imine (C=N–C) groups is 1. The fourth-order valence-corrected chi connectivity index (χ4v) is 2.97. The Morgan fingerprint density at radius 2 is 1.96 bits per heavy atom. The first-order valence-corrected chi connectivity index (χ1v) is 10.3. The molecule has 0 saturated carbocycles. The Morgan fingerprint density at radius 3 is 2.64 bits per heavy atom. The van der Waals surface area contributed by atoms with Gasteiger partial charge in [0.15, 0.2) is 5.96 Å². The number of hydrogen-bond donors (Lipinski definition) is 2. The number of nitrogens with one attached hydrogen (secondary N) is 2. The summed E-state index contributed by atoms with van der Waals surface area (Å²) in [5.74, 6) is 0.914. The third-order valence-electron chi connectivity index (χ3n) is 4.01. The van der Waals surface area contributed by atoms with Gasteiger partial charge in [0, 0.05) is 25.5 Å². The van der Waals surface area contributed by atoms with Crippen molar-refractivity contribution >= 4 is 23.2 Å². The highest BCUT2D eigenvalue weighted by molar-refractivity contribution is 7.09. The SMILES string of the molecule is CC(CNC(=NCC(=O)N(C)C)NCc1cccs1)COCc1ccccc1. The quantitative estimate of drug-likeness (QED) is 0.474. The molecule has 0 aliphatic heterocycles. The van der Waals surface area contributed by atoms with Gasteiger partial charge >= 0.3 is 0 Å². The highest BCUT2D eigenvalue weighted by Crippen LogP contribution is 2.07. The van der Waals surface area contributed by atoms with Crippen molar-refractivity contribution in [3.63, 3.8) is 0 Å². The van der Waals surface area contributed by atoms with E-state index in [0.29, 0.717) is 38.2 Å². The average molecular weight is 403 g/mol. The maximum absolute atomic E-state index is 11.8. The highest BCUT2D eigenvalue weighted by Gasteiger charge is 2.08. The first-order valence-electron chi connectivity index (χ1n) is 9.41. The van der Waals surface area contributed by atoms with Crippen molar-refractivity contribution in [2.45, 2.75) is 20.1 Å². The molecule has 0 radical (unpaired) electrons. The number of carbonyl (C=O) groups is 1. The standard InChI is InChI=1S/C21H30N4O2S/c1-17(15-27-16-18-8-5-4-6-9-18)12-22-21(24-14-20(26)25(2)3)23-13-19-10-7-11-28-19/h4-11,17H,12-16H2,1-3H3,(H2,22,23,24). The van der Waals surface area contributed by atoms with Crippen LogP contribution in [-0.4, -0.2) is 50.6 Å². The molecule has 1 heterocycles. The summed E-state index contributed by atoms with van der Waals surface area (Å²) >= 11 is 1.69. The number of rotatable bonds is 10. The largest absolute Gasteiger partial charge is 0.376 e. The Kier molecular flexibility index (Phi) is 9.51. The van der Waals surface area contributed by atoms with Gasteiger partial charge < -0.3 is 20.3 Å². The molecule has 2 rings (SSSR count). The molecule has 28 heavy (non-hydrogen) atoms. The molecular formula is C21H30N4O2S. The summed E-state index contributed by atoms with van der Waals surface area (Å²) in [6.45, 7) is 4.89. The molecule has 1 amide bonds. The summed E-state index contributed by atoms with van der Waals surface area (Å²) in [7, 11) is 3.46. The molecule has 2 N–H and O–H groups in total. The molecule has 1 aromatic carbocycles. The number of hydrogen-bond acceptors (Lipinski definition) is 4. The van der Waals surface area contributed by atoms with Crippen molar-refractivity contribution < 1.29 is 9.53 Å². The summed E-state index contributed by atoms with van der Waals surface area (Å²) in [6.07, 6.45) is 0. The van der Waals surface area contributed by atoms with Crippen molar-refractivity contribution in [1.29, 1.82) is 0 Å². The molecule has 0 spiro atoms. The first kappa shape index (κ1) is 21.9. The zero-order chi connectivity index (χ0) is 20.2. The molecule has 0 aliphatic rings. The Balaban J connectivity index is 1.78. The van der Waals surface area contributed by atoms with Crippen LogP contribution in [0.4, 0.5) is 0 Å². The predicted octanol–water partition coefficient (Wildman–Crippen LogP) is 2.72. The fourth-order valence-electron chi connectivity index (χ4n) is 2.33. The van der Waals surface area contributed by atoms with Crippen LogP contribution in [0.15, 0.2) is 52.8 Å². The summed E-state index contributed by atoms with van der Waals surface area (Å²) in [4.78, 5) is 19.0. The van der Waals surface area contributed by atoms with E-state index in [2.05, 4.69) is 40.7 Å². The van der Waals surface area contributed by atoms with E-state index >= 15 is 0 Å². The van der Waals surface area contributed by atoms with E-state index in [9.17, 15) is 4.79 Å². The molecule has 152 valence electrons. The number of guanidine groups is 1. The molecule has 0 saturated heterocycles. The Morgan fingerprint density at radius 1 is 1.18 bits per heavy atom. The van der Waals surface area contributed by atoms with Crippen LogP contribution < -0.4 is 10.6 Å². The molecule has 1 aromatic heterocycles. The Labute approximate surface area is 171 Å². The van der Waals surface area contributed by atoms with Crippen LogP contribution in [0.5, 0.6) is 0 Å². The van der Waals surface area contributed by atoms with Gasteiger partial charge in [0.1, 0.15) is 6.54 Å². The molecule has 7 heteroatoms. The van der Waals surface area contributed by atoms with Gasteiger partial charge in [-0.3, -0.25) is 4.79 Å². The van der Waals surface area contributed by atoms with Crippen LogP contribution in [0.2, 0.25) is 0 Å². The Bertz CT molecular complexity index is 717. The molecule has 1 atom stereocenters. The number of amides is 1. The van der Waals surface area contributed by atoms with Crippen molar-refractivity contribution in [2.24, 2.45) is 10.9 Å². The van der Waals surface area contributed by atoms with E-state index in [1.54, 1.807) is 30.3 Å². The van der Waals surface area contributed by atoms with Gasteiger partial charge in [-0.1, -0.05) is 43.3 Å². The third-order valence-corrected chi connectivity index (χ3v) is 4.89. The van der Waals surface area contributed by atoms with E-state index in [-0.39, 0.29) is 12.5 Å². The van der Waals surface area contributed by atoms with Gasteiger partial charge in [0.2, 0.25) is 5.91 Å². The molecule has 2 aromatic rings. The minimum atomic E-state index is -0.0310. The summed E-state index contributed by atoms with van der Waals surface area (Å²) in [5.41, 5.74) is 1.17. The molecule has 0 fully saturated rings. The topological polar surface area (TPSA) is 66.0 Å². The van der Waals surface area contributed by atoms with Gasteiger partial charge in [0.25, 0.3) is 0 Å². The van der Waals surface area contributed by atoms with E-state index in [4.69, 9.17) is 4.74 Å². The lowest BCUT2D eigenvalue weighted by atomic mass is 10.2. The average Bonchev–Trinajstić information content (AvgIpc) is 3.21. The van der Waals surface area contributed by atoms with Crippen LogP contribution in [-0.2, 0) is 22.7 Å². The fraction of sp³-hybridized carbons (Fsp3) is 0.429.